The van der Waals surface area contributed by atoms with Crippen LogP contribution in [0.3, 0.4) is 0 Å². The van der Waals surface area contributed by atoms with Crippen LogP contribution >= 0.6 is 11.6 Å². The van der Waals surface area contributed by atoms with Gasteiger partial charge in [-0.15, -0.1) is 0 Å². The molecule has 0 saturated carbocycles. The van der Waals surface area contributed by atoms with Gasteiger partial charge in [0.05, 0.1) is 4.92 Å². The Balaban J connectivity index is 2.38. The zero-order chi connectivity index (χ0) is 15.4. The Bertz CT molecular complexity index is 662. The molecule has 0 unspecified atom stereocenters. The van der Waals surface area contributed by atoms with Crippen molar-refractivity contribution in [3.8, 4) is 11.5 Å². The van der Waals surface area contributed by atoms with Gasteiger partial charge in [0.2, 0.25) is 0 Å². The normalized spacial score (nSPS) is 10.2. The summed E-state index contributed by atoms with van der Waals surface area (Å²) in [4.78, 5) is 10.5. The fourth-order valence-corrected chi connectivity index (χ4v) is 2.02. The molecular formula is C14H12ClFN2O3. The van der Waals surface area contributed by atoms with Gasteiger partial charge in [0.25, 0.3) is 5.69 Å². The van der Waals surface area contributed by atoms with Crippen LogP contribution in [0.2, 0.25) is 5.02 Å². The first kappa shape index (κ1) is 15.1. The van der Waals surface area contributed by atoms with E-state index >= 15 is 0 Å². The Kier molecular flexibility index (Phi) is 4.59. The molecule has 0 aliphatic rings. The van der Waals surface area contributed by atoms with E-state index in [0.717, 1.165) is 0 Å². The molecule has 0 heterocycles. The molecule has 5 nitrogen and oxygen atoms in total. The predicted molar refractivity (Wildman–Crippen MR) is 78.7 cm³/mol. The van der Waals surface area contributed by atoms with Crippen molar-refractivity contribution in [3.63, 3.8) is 0 Å². The summed E-state index contributed by atoms with van der Waals surface area (Å²) in [5.74, 6) is 0.255. The van der Waals surface area contributed by atoms with E-state index in [9.17, 15) is 14.5 Å². The molecule has 2 rings (SSSR count). The van der Waals surface area contributed by atoms with E-state index in [1.165, 1.54) is 36.4 Å². The van der Waals surface area contributed by atoms with Gasteiger partial charge >= 0.3 is 0 Å². The summed E-state index contributed by atoms with van der Waals surface area (Å²) in [7, 11) is 0. The lowest BCUT2D eigenvalue weighted by Gasteiger charge is -2.12. The topological polar surface area (TPSA) is 64.4 Å². The monoisotopic (exact) mass is 310 g/mol. The third-order valence-electron chi connectivity index (χ3n) is 2.68. The lowest BCUT2D eigenvalue weighted by molar-refractivity contribution is -0.384. The molecule has 0 aromatic heterocycles. The molecule has 0 aliphatic carbocycles. The zero-order valence-electron chi connectivity index (χ0n) is 11.1. The van der Waals surface area contributed by atoms with Gasteiger partial charge in [0, 0.05) is 12.6 Å². The summed E-state index contributed by atoms with van der Waals surface area (Å²) < 4.78 is 18.4. The predicted octanol–water partition coefficient (Wildman–Crippen LogP) is 4.61. The minimum Gasteiger partial charge on any atom is -0.456 e. The van der Waals surface area contributed by atoms with Crippen LogP contribution in [0.25, 0.3) is 0 Å². The first-order chi connectivity index (χ1) is 10.0. The third kappa shape index (κ3) is 3.41. The lowest BCUT2D eigenvalue weighted by Crippen LogP contribution is -2.02. The van der Waals surface area contributed by atoms with Crippen molar-refractivity contribution in [2.45, 2.75) is 6.92 Å². The van der Waals surface area contributed by atoms with Crippen LogP contribution in [0.4, 0.5) is 15.8 Å². The summed E-state index contributed by atoms with van der Waals surface area (Å²) in [5, 5.41) is 13.9. The Morgan fingerprint density at radius 1 is 1.29 bits per heavy atom. The summed E-state index contributed by atoms with van der Waals surface area (Å²) in [5.41, 5.74) is 0.0667. The number of nitro groups is 1. The summed E-state index contributed by atoms with van der Waals surface area (Å²) in [6.45, 7) is 2.27. The van der Waals surface area contributed by atoms with Crippen molar-refractivity contribution >= 4 is 23.0 Å². The molecular weight excluding hydrogens is 299 g/mol. The van der Waals surface area contributed by atoms with Crippen LogP contribution in [0.1, 0.15) is 6.92 Å². The molecule has 1 N–H and O–H groups in total. The van der Waals surface area contributed by atoms with Gasteiger partial charge in [-0.3, -0.25) is 10.1 Å². The van der Waals surface area contributed by atoms with Crippen LogP contribution in [0.15, 0.2) is 36.4 Å². The van der Waals surface area contributed by atoms with E-state index < -0.39 is 4.92 Å². The Morgan fingerprint density at radius 3 is 2.52 bits per heavy atom. The highest BCUT2D eigenvalue weighted by Gasteiger charge is 2.20. The van der Waals surface area contributed by atoms with Gasteiger partial charge < -0.3 is 10.1 Å². The van der Waals surface area contributed by atoms with E-state index in [0.29, 0.717) is 12.3 Å². The number of ether oxygens (including phenoxy) is 1. The highest BCUT2D eigenvalue weighted by atomic mass is 35.5. The van der Waals surface area contributed by atoms with Crippen molar-refractivity contribution in [2.75, 3.05) is 11.9 Å². The van der Waals surface area contributed by atoms with E-state index in [1.807, 2.05) is 0 Å². The van der Waals surface area contributed by atoms with Gasteiger partial charge in [-0.1, -0.05) is 11.6 Å². The van der Waals surface area contributed by atoms with Crippen molar-refractivity contribution < 1.29 is 14.1 Å². The standard InChI is InChI=1S/C14H12ClFN2O3/c1-2-17-14-11(18(19)20)7-8-12(13(14)15)21-10-5-3-9(16)4-6-10/h3-8,17H,2H2,1H3. The molecule has 0 amide bonds. The molecule has 0 saturated heterocycles. The first-order valence-electron chi connectivity index (χ1n) is 6.17. The molecule has 2 aromatic carbocycles. The van der Waals surface area contributed by atoms with Crippen LogP contribution in [-0.4, -0.2) is 11.5 Å². The maximum absolute atomic E-state index is 12.8. The van der Waals surface area contributed by atoms with E-state index in [4.69, 9.17) is 16.3 Å². The fourth-order valence-electron chi connectivity index (χ4n) is 1.75. The molecule has 2 aromatic rings. The molecule has 0 atom stereocenters. The highest BCUT2D eigenvalue weighted by Crippen LogP contribution is 2.40. The third-order valence-corrected chi connectivity index (χ3v) is 3.05. The number of rotatable bonds is 5. The maximum atomic E-state index is 12.8. The summed E-state index contributed by atoms with van der Waals surface area (Å²) in [6.07, 6.45) is 0. The second-order valence-corrected chi connectivity index (χ2v) is 4.49. The average Bonchev–Trinajstić information content (AvgIpc) is 2.45. The molecule has 0 fully saturated rings. The van der Waals surface area contributed by atoms with Crippen LogP contribution in [0, 0.1) is 15.9 Å². The van der Waals surface area contributed by atoms with Crippen molar-refractivity contribution in [2.24, 2.45) is 0 Å². The van der Waals surface area contributed by atoms with Crippen molar-refractivity contribution in [1.29, 1.82) is 0 Å². The van der Waals surface area contributed by atoms with Gasteiger partial charge in [-0.05, 0) is 37.3 Å². The second kappa shape index (κ2) is 6.41. The Morgan fingerprint density at radius 2 is 1.95 bits per heavy atom. The van der Waals surface area contributed by atoms with Crippen molar-refractivity contribution in [1.82, 2.24) is 0 Å². The number of halogens is 2. The summed E-state index contributed by atoms with van der Waals surface area (Å²) in [6, 6.07) is 8.10. The zero-order valence-corrected chi connectivity index (χ0v) is 11.9. The van der Waals surface area contributed by atoms with Crippen LogP contribution in [-0.2, 0) is 0 Å². The van der Waals surface area contributed by atoms with Gasteiger partial charge in [-0.25, -0.2) is 4.39 Å². The minimum absolute atomic E-state index is 0.107. The number of hydrogen-bond acceptors (Lipinski definition) is 4. The highest BCUT2D eigenvalue weighted by molar-refractivity contribution is 6.35. The average molecular weight is 311 g/mol. The van der Waals surface area contributed by atoms with Gasteiger partial charge in [0.1, 0.15) is 28.0 Å². The van der Waals surface area contributed by atoms with Crippen LogP contribution in [0.5, 0.6) is 11.5 Å². The van der Waals surface area contributed by atoms with Crippen molar-refractivity contribution in [3.05, 3.63) is 57.4 Å². The fraction of sp³-hybridized carbons (Fsp3) is 0.143. The Hall–Kier alpha value is -2.34. The van der Waals surface area contributed by atoms with Gasteiger partial charge in [0.15, 0.2) is 0 Å². The number of anilines is 1. The number of hydrogen-bond donors (Lipinski definition) is 1. The second-order valence-electron chi connectivity index (χ2n) is 4.12. The molecule has 7 heteroatoms. The number of benzene rings is 2. The lowest BCUT2D eigenvalue weighted by atomic mass is 10.2. The Labute approximate surface area is 125 Å². The molecule has 0 spiro atoms. The minimum atomic E-state index is -0.522. The smallest absolute Gasteiger partial charge is 0.294 e. The van der Waals surface area contributed by atoms with E-state index in [2.05, 4.69) is 5.32 Å². The maximum Gasteiger partial charge on any atom is 0.294 e. The van der Waals surface area contributed by atoms with E-state index in [-0.39, 0.29) is 28.0 Å². The molecule has 0 bridgehead atoms. The first-order valence-corrected chi connectivity index (χ1v) is 6.55. The number of nitro benzene ring substituents is 1. The van der Waals surface area contributed by atoms with Crippen LogP contribution < -0.4 is 10.1 Å². The molecule has 110 valence electrons. The molecule has 21 heavy (non-hydrogen) atoms. The number of nitrogens with one attached hydrogen (secondary N) is 1. The molecule has 0 radical (unpaired) electrons. The van der Waals surface area contributed by atoms with Gasteiger partial charge in [-0.2, -0.15) is 0 Å². The largest absolute Gasteiger partial charge is 0.456 e. The SMILES string of the molecule is CCNc1c([N+](=O)[O-])ccc(Oc2ccc(F)cc2)c1Cl. The molecule has 0 aliphatic heterocycles. The quantitative estimate of drug-likeness (QED) is 0.647. The summed E-state index contributed by atoms with van der Waals surface area (Å²) >= 11 is 6.15. The number of nitrogens with zero attached hydrogens (tertiary/aromatic N) is 1. The van der Waals surface area contributed by atoms with E-state index in [1.54, 1.807) is 6.92 Å².